The summed E-state index contributed by atoms with van der Waals surface area (Å²) in [5.41, 5.74) is 2.23. The zero-order valence-corrected chi connectivity index (χ0v) is 16.7. The Morgan fingerprint density at radius 1 is 1.26 bits per heavy atom. The Kier molecular flexibility index (Phi) is 5.48. The first-order chi connectivity index (χ1) is 13.2. The molecule has 0 radical (unpaired) electrons. The second-order valence-corrected chi connectivity index (χ2v) is 8.76. The molecule has 2 amide bonds. The summed E-state index contributed by atoms with van der Waals surface area (Å²) in [6.45, 7) is 6.42. The maximum Gasteiger partial charge on any atom is 0.319 e. The van der Waals surface area contributed by atoms with E-state index in [0.29, 0.717) is 18.6 Å². The summed E-state index contributed by atoms with van der Waals surface area (Å²) in [6.07, 6.45) is 3.83. The molecule has 3 unspecified atom stereocenters. The number of carbonyl (C=O) groups is 1. The lowest BCUT2D eigenvalue weighted by molar-refractivity contribution is 0.203. The largest absolute Gasteiger partial charge is 0.333 e. The average molecular weight is 386 g/mol. The summed E-state index contributed by atoms with van der Waals surface area (Å²) in [6, 6.07) is 13.7. The summed E-state index contributed by atoms with van der Waals surface area (Å²) < 4.78 is 1.10. The van der Waals surface area contributed by atoms with E-state index in [2.05, 4.69) is 35.0 Å². The molecule has 0 aliphatic carbocycles. The van der Waals surface area contributed by atoms with Crippen molar-refractivity contribution < 1.29 is 4.79 Å². The maximum absolute atomic E-state index is 12.1. The fourth-order valence-electron chi connectivity index (χ4n) is 4.85. The van der Waals surface area contributed by atoms with Gasteiger partial charge in [0.15, 0.2) is 0 Å². The van der Waals surface area contributed by atoms with Crippen LogP contribution in [0.15, 0.2) is 41.8 Å². The smallest absolute Gasteiger partial charge is 0.319 e. The second-order valence-electron chi connectivity index (χ2n) is 7.73. The van der Waals surface area contributed by atoms with Gasteiger partial charge in [0.25, 0.3) is 0 Å². The number of benzene rings is 1. The summed E-state index contributed by atoms with van der Waals surface area (Å²) >= 11 is 1.65. The second kappa shape index (κ2) is 8.00. The van der Waals surface area contributed by atoms with Gasteiger partial charge >= 0.3 is 6.03 Å². The number of nitrogens with one attached hydrogen (secondary N) is 3. The molecule has 2 aromatic rings. The van der Waals surface area contributed by atoms with Gasteiger partial charge in [-0.1, -0.05) is 6.07 Å². The van der Waals surface area contributed by atoms with Gasteiger partial charge in [0, 0.05) is 55.0 Å². The molecule has 2 saturated heterocycles. The van der Waals surface area contributed by atoms with Crippen molar-refractivity contribution in [1.29, 1.82) is 0 Å². The van der Waals surface area contributed by atoms with Crippen molar-refractivity contribution in [3.8, 4) is 0 Å². The van der Waals surface area contributed by atoms with Crippen molar-refractivity contribution in [2.75, 3.05) is 25.0 Å². The highest BCUT2D eigenvalue weighted by Crippen LogP contribution is 2.39. The van der Waals surface area contributed by atoms with Crippen LogP contribution in [0.3, 0.4) is 0 Å². The summed E-state index contributed by atoms with van der Waals surface area (Å²) in [4.78, 5) is 13.3. The van der Waals surface area contributed by atoms with Gasteiger partial charge in [0.2, 0.25) is 0 Å². The zero-order valence-electron chi connectivity index (χ0n) is 15.9. The number of likely N-dealkylation sites (tertiary alicyclic amines) is 1. The molecule has 2 fully saturated rings. The number of amides is 2. The lowest BCUT2D eigenvalue weighted by atomic mass is 10.1. The molecule has 3 N–H and O–H groups in total. The minimum Gasteiger partial charge on any atom is -0.333 e. The van der Waals surface area contributed by atoms with Gasteiger partial charge < -0.3 is 16.0 Å². The van der Waals surface area contributed by atoms with Crippen LogP contribution in [0.5, 0.6) is 0 Å². The number of rotatable bonds is 5. The van der Waals surface area contributed by atoms with E-state index in [1.54, 1.807) is 11.3 Å². The van der Waals surface area contributed by atoms with Crippen LogP contribution in [0, 0.1) is 0 Å². The number of hydrogen-bond donors (Lipinski definition) is 3. The molecule has 6 heteroatoms. The number of nitrogens with zero attached hydrogens (tertiary/aromatic N) is 1. The minimum atomic E-state index is -0.158. The Morgan fingerprint density at radius 2 is 2.11 bits per heavy atom. The van der Waals surface area contributed by atoms with Gasteiger partial charge in [-0.25, -0.2) is 4.79 Å². The molecular weight excluding hydrogens is 356 g/mol. The number of anilines is 1. The molecule has 0 bridgehead atoms. The average Bonchev–Trinajstić information content (AvgIpc) is 3.43. The molecule has 3 heterocycles. The molecule has 1 aromatic carbocycles. The van der Waals surface area contributed by atoms with E-state index in [9.17, 15) is 4.79 Å². The Hall–Kier alpha value is -1.89. The third kappa shape index (κ3) is 3.74. The normalized spacial score (nSPS) is 27.6. The van der Waals surface area contributed by atoms with Crippen LogP contribution in [-0.4, -0.2) is 37.7 Å². The van der Waals surface area contributed by atoms with Crippen LogP contribution in [0.25, 0.3) is 0 Å². The van der Waals surface area contributed by atoms with Crippen molar-refractivity contribution in [2.24, 2.45) is 0 Å². The van der Waals surface area contributed by atoms with E-state index in [4.69, 9.17) is 0 Å². The van der Waals surface area contributed by atoms with Gasteiger partial charge in [-0.3, -0.25) is 4.48 Å². The SMILES string of the molecule is CC1CCC[N+]1(c1ccc(NC(=O)NCc2cccs2)cc1)C1CCNC1. The molecule has 5 nitrogen and oxygen atoms in total. The van der Waals surface area contributed by atoms with Crippen LogP contribution in [0.1, 0.15) is 31.1 Å². The first-order valence-electron chi connectivity index (χ1n) is 9.94. The number of hydrogen-bond acceptors (Lipinski definition) is 3. The quantitative estimate of drug-likeness (QED) is 0.683. The third-order valence-corrected chi connectivity index (χ3v) is 7.11. The molecule has 2 aliphatic rings. The Labute approximate surface area is 165 Å². The molecule has 144 valence electrons. The highest BCUT2D eigenvalue weighted by atomic mass is 32.1. The van der Waals surface area contributed by atoms with Crippen LogP contribution in [0.4, 0.5) is 16.2 Å². The van der Waals surface area contributed by atoms with Crippen LogP contribution < -0.4 is 20.4 Å². The van der Waals surface area contributed by atoms with Crippen LogP contribution >= 0.6 is 11.3 Å². The van der Waals surface area contributed by atoms with Gasteiger partial charge in [0.1, 0.15) is 11.7 Å². The predicted octanol–water partition coefficient (Wildman–Crippen LogP) is 3.92. The number of thiophene rings is 1. The van der Waals surface area contributed by atoms with Crippen molar-refractivity contribution in [2.45, 2.75) is 44.8 Å². The van der Waals surface area contributed by atoms with Crippen LogP contribution in [0.2, 0.25) is 0 Å². The molecule has 4 rings (SSSR count). The van der Waals surface area contributed by atoms with Crippen molar-refractivity contribution in [1.82, 2.24) is 15.1 Å². The number of carbonyl (C=O) groups excluding carboxylic acids is 1. The van der Waals surface area contributed by atoms with Crippen molar-refractivity contribution >= 4 is 28.7 Å². The van der Waals surface area contributed by atoms with Gasteiger partial charge in [-0.15, -0.1) is 11.3 Å². The summed E-state index contributed by atoms with van der Waals surface area (Å²) in [5, 5.41) is 11.4. The van der Waals surface area contributed by atoms with Crippen molar-refractivity contribution in [3.63, 3.8) is 0 Å². The fraction of sp³-hybridized carbons (Fsp3) is 0.476. The molecule has 3 atom stereocenters. The van der Waals surface area contributed by atoms with E-state index in [-0.39, 0.29) is 6.03 Å². The maximum atomic E-state index is 12.1. The zero-order chi connectivity index (χ0) is 18.7. The molecule has 1 aromatic heterocycles. The highest BCUT2D eigenvalue weighted by molar-refractivity contribution is 7.09. The summed E-state index contributed by atoms with van der Waals surface area (Å²) in [7, 11) is 0. The lowest BCUT2D eigenvalue weighted by Gasteiger charge is -2.43. The van der Waals surface area contributed by atoms with Gasteiger partial charge in [-0.05, 0) is 30.5 Å². The van der Waals surface area contributed by atoms with E-state index >= 15 is 0 Å². The van der Waals surface area contributed by atoms with E-state index in [1.807, 2.05) is 29.6 Å². The van der Waals surface area contributed by atoms with Crippen molar-refractivity contribution in [3.05, 3.63) is 46.7 Å². The Bertz CT molecular complexity index is 755. The van der Waals surface area contributed by atoms with Gasteiger partial charge in [-0.2, -0.15) is 0 Å². The molecule has 27 heavy (non-hydrogen) atoms. The third-order valence-electron chi connectivity index (χ3n) is 6.23. The minimum absolute atomic E-state index is 0.158. The molecule has 0 saturated carbocycles. The lowest BCUT2D eigenvalue weighted by Crippen LogP contribution is -2.59. The number of quaternary nitrogens is 1. The van der Waals surface area contributed by atoms with E-state index in [0.717, 1.165) is 28.1 Å². The number of urea groups is 1. The summed E-state index contributed by atoms with van der Waals surface area (Å²) in [5.74, 6) is 0. The first kappa shape index (κ1) is 18.5. The molecule has 2 aliphatic heterocycles. The highest BCUT2D eigenvalue weighted by Gasteiger charge is 2.47. The molecular formula is C21H29N4OS+. The van der Waals surface area contributed by atoms with E-state index < -0.39 is 0 Å². The monoisotopic (exact) mass is 385 g/mol. The van der Waals surface area contributed by atoms with E-state index in [1.165, 1.54) is 31.5 Å². The Balaban J connectivity index is 1.43. The fourth-order valence-corrected chi connectivity index (χ4v) is 5.49. The Morgan fingerprint density at radius 3 is 2.74 bits per heavy atom. The standard InChI is InChI=1S/C21H28N4OS/c1-16-4-2-12-25(16,19-10-11-22-14-19)18-8-6-17(7-9-18)24-21(26)23-15-20-5-3-13-27-20/h3,5-9,13,16,19,22H,2,4,10-12,14-15H2,1H3,(H-,23,24,26)/p+1. The van der Waals surface area contributed by atoms with Crippen LogP contribution in [-0.2, 0) is 6.54 Å². The predicted molar refractivity (Wildman–Crippen MR) is 113 cm³/mol. The molecule has 0 spiro atoms. The van der Waals surface area contributed by atoms with Gasteiger partial charge in [0.05, 0.1) is 19.1 Å². The first-order valence-corrected chi connectivity index (χ1v) is 10.8. The topological polar surface area (TPSA) is 53.2 Å².